The van der Waals surface area contributed by atoms with Crippen LogP contribution in [0.4, 0.5) is 4.79 Å². The molecule has 4 amide bonds. The Balaban J connectivity index is 1.96. The van der Waals surface area contributed by atoms with Crippen molar-refractivity contribution in [1.82, 2.24) is 29.5 Å². The van der Waals surface area contributed by atoms with Gasteiger partial charge in [-0.1, -0.05) is 27.7 Å². The SMILES string of the molecule is CC[C@H](NC(=O)[C@@H]1CCCN1C(=O)CNC(=O)NC(CN1CCN(C(C)C)S1(=O)=O)C(C)(C)C)C(=O)O. The van der Waals surface area contributed by atoms with Crippen LogP contribution in [0.25, 0.3) is 0 Å². The largest absolute Gasteiger partial charge is 0.480 e. The van der Waals surface area contributed by atoms with Crippen molar-refractivity contribution in [2.75, 3.05) is 32.7 Å². The monoisotopic (exact) mass is 546 g/mol. The Morgan fingerprint density at radius 1 is 1.05 bits per heavy atom. The van der Waals surface area contributed by atoms with Crippen LogP contribution >= 0.6 is 0 Å². The molecule has 0 aromatic carbocycles. The minimum Gasteiger partial charge on any atom is -0.480 e. The molecule has 4 N–H and O–H groups in total. The first-order valence-electron chi connectivity index (χ1n) is 12.7. The molecule has 0 saturated carbocycles. The number of amides is 4. The molecule has 2 rings (SSSR count). The molecule has 2 saturated heterocycles. The van der Waals surface area contributed by atoms with Gasteiger partial charge in [-0.05, 0) is 38.5 Å². The van der Waals surface area contributed by atoms with Crippen LogP contribution in [0.2, 0.25) is 0 Å². The minimum atomic E-state index is -3.63. The molecule has 37 heavy (non-hydrogen) atoms. The highest BCUT2D eigenvalue weighted by Crippen LogP contribution is 2.25. The molecule has 2 heterocycles. The fraction of sp³-hybridized carbons (Fsp3) is 0.826. The molecule has 1 unspecified atom stereocenters. The second-order valence-corrected chi connectivity index (χ2v) is 12.7. The second-order valence-electron chi connectivity index (χ2n) is 10.9. The molecule has 0 aromatic heterocycles. The van der Waals surface area contributed by atoms with Gasteiger partial charge in [0.15, 0.2) is 0 Å². The van der Waals surface area contributed by atoms with Crippen LogP contribution in [-0.4, -0.2) is 108 Å². The van der Waals surface area contributed by atoms with Crippen LogP contribution in [-0.2, 0) is 24.6 Å². The fourth-order valence-corrected chi connectivity index (χ4v) is 6.24. The average Bonchev–Trinajstić information content (AvgIpc) is 3.39. The van der Waals surface area contributed by atoms with Gasteiger partial charge >= 0.3 is 12.0 Å². The standard InChI is InChI=1S/C23H42N6O7S/c1-7-16(21(32)33)25-20(31)17-9-8-10-28(17)19(30)13-24-22(34)26-18(23(4,5)6)14-27-11-12-29(15(2)3)37(27,35)36/h15-18H,7-14H2,1-6H3,(H,25,31)(H,32,33)(H2,24,26,34)/t16-,17-,18?/m0/s1. The minimum absolute atomic E-state index is 0.0902. The predicted octanol–water partition coefficient (Wildman–Crippen LogP) is -0.0585. The smallest absolute Gasteiger partial charge is 0.326 e. The van der Waals surface area contributed by atoms with Gasteiger partial charge in [0.1, 0.15) is 12.1 Å². The number of carbonyl (C=O) groups excluding carboxylic acids is 3. The lowest BCUT2D eigenvalue weighted by molar-refractivity contribution is -0.143. The number of nitrogens with one attached hydrogen (secondary N) is 3. The fourth-order valence-electron chi connectivity index (χ4n) is 4.45. The van der Waals surface area contributed by atoms with E-state index in [1.54, 1.807) is 6.92 Å². The molecule has 2 fully saturated rings. The van der Waals surface area contributed by atoms with Gasteiger partial charge < -0.3 is 26.0 Å². The Bertz CT molecular complexity index is 965. The van der Waals surface area contributed by atoms with Gasteiger partial charge in [-0.3, -0.25) is 9.59 Å². The molecule has 0 radical (unpaired) electrons. The second kappa shape index (κ2) is 12.4. The molecule has 212 valence electrons. The van der Waals surface area contributed by atoms with E-state index < -0.39 is 57.6 Å². The van der Waals surface area contributed by atoms with Gasteiger partial charge in [-0.2, -0.15) is 17.0 Å². The first-order valence-corrected chi connectivity index (χ1v) is 14.1. The molecule has 0 aliphatic carbocycles. The number of nitrogens with zero attached hydrogens (tertiary/aromatic N) is 3. The summed E-state index contributed by atoms with van der Waals surface area (Å²) in [6.07, 6.45) is 1.21. The van der Waals surface area contributed by atoms with E-state index in [0.717, 1.165) is 0 Å². The summed E-state index contributed by atoms with van der Waals surface area (Å²) >= 11 is 0. The number of rotatable bonds is 10. The zero-order valence-electron chi connectivity index (χ0n) is 22.6. The number of hydrogen-bond donors (Lipinski definition) is 4. The van der Waals surface area contributed by atoms with E-state index in [1.807, 2.05) is 34.6 Å². The van der Waals surface area contributed by atoms with Crippen LogP contribution in [0.15, 0.2) is 0 Å². The number of likely N-dealkylation sites (tertiary alicyclic amines) is 1. The summed E-state index contributed by atoms with van der Waals surface area (Å²) in [5, 5.41) is 17.0. The zero-order valence-corrected chi connectivity index (χ0v) is 23.4. The van der Waals surface area contributed by atoms with E-state index in [4.69, 9.17) is 0 Å². The van der Waals surface area contributed by atoms with Crippen LogP contribution < -0.4 is 16.0 Å². The van der Waals surface area contributed by atoms with Crippen molar-refractivity contribution in [2.45, 2.75) is 85.0 Å². The van der Waals surface area contributed by atoms with E-state index in [2.05, 4.69) is 16.0 Å². The topological polar surface area (TPSA) is 168 Å². The quantitative estimate of drug-likeness (QED) is 0.298. The van der Waals surface area contributed by atoms with E-state index in [1.165, 1.54) is 13.5 Å². The summed E-state index contributed by atoms with van der Waals surface area (Å²) in [6.45, 7) is 11.7. The van der Waals surface area contributed by atoms with E-state index in [0.29, 0.717) is 32.5 Å². The summed E-state index contributed by atoms with van der Waals surface area (Å²) in [5.74, 6) is -2.13. The van der Waals surface area contributed by atoms with E-state index >= 15 is 0 Å². The summed E-state index contributed by atoms with van der Waals surface area (Å²) in [7, 11) is -3.63. The van der Waals surface area contributed by atoms with Crippen LogP contribution in [0.1, 0.15) is 60.8 Å². The lowest BCUT2D eigenvalue weighted by atomic mass is 9.86. The van der Waals surface area contributed by atoms with Crippen molar-refractivity contribution in [3.63, 3.8) is 0 Å². The molecule has 2 aliphatic heterocycles. The van der Waals surface area contributed by atoms with Crippen LogP contribution in [0.3, 0.4) is 0 Å². The van der Waals surface area contributed by atoms with Gasteiger partial charge in [-0.25, -0.2) is 9.59 Å². The number of carboxylic acids is 1. The Morgan fingerprint density at radius 3 is 2.22 bits per heavy atom. The first-order chi connectivity index (χ1) is 17.1. The van der Waals surface area contributed by atoms with Crippen molar-refractivity contribution in [3.8, 4) is 0 Å². The van der Waals surface area contributed by atoms with Crippen molar-refractivity contribution in [1.29, 1.82) is 0 Å². The van der Waals surface area contributed by atoms with Gasteiger partial charge in [0.2, 0.25) is 11.8 Å². The number of carbonyl (C=O) groups is 4. The molecular formula is C23H42N6O7S. The van der Waals surface area contributed by atoms with E-state index in [9.17, 15) is 32.7 Å². The van der Waals surface area contributed by atoms with Gasteiger partial charge in [-0.15, -0.1) is 0 Å². The number of aliphatic carboxylic acids is 1. The van der Waals surface area contributed by atoms with Crippen molar-refractivity contribution >= 4 is 34.0 Å². The Hall–Kier alpha value is -2.45. The third kappa shape index (κ3) is 7.77. The highest BCUT2D eigenvalue weighted by Gasteiger charge is 2.41. The number of hydrogen-bond acceptors (Lipinski definition) is 6. The maximum absolute atomic E-state index is 12.9. The summed E-state index contributed by atoms with van der Waals surface area (Å²) in [5.41, 5.74) is -0.472. The number of carboxylic acid groups (broad SMARTS) is 1. The van der Waals surface area contributed by atoms with Crippen LogP contribution in [0, 0.1) is 5.41 Å². The predicted molar refractivity (Wildman–Crippen MR) is 137 cm³/mol. The third-order valence-electron chi connectivity index (χ3n) is 6.80. The molecule has 2 aliphatic rings. The van der Waals surface area contributed by atoms with Gasteiger partial charge in [0, 0.05) is 38.3 Å². The lowest BCUT2D eigenvalue weighted by Gasteiger charge is -2.34. The zero-order chi connectivity index (χ0) is 28.1. The van der Waals surface area contributed by atoms with Crippen molar-refractivity contribution in [3.05, 3.63) is 0 Å². The summed E-state index contributed by atoms with van der Waals surface area (Å²) in [6, 6.07) is -3.15. The Kier molecular flexibility index (Phi) is 10.3. The average molecular weight is 547 g/mol. The first kappa shape index (κ1) is 30.8. The summed E-state index contributed by atoms with van der Waals surface area (Å²) < 4.78 is 28.5. The highest BCUT2D eigenvalue weighted by molar-refractivity contribution is 7.87. The molecule has 14 heteroatoms. The van der Waals surface area contributed by atoms with E-state index in [-0.39, 0.29) is 25.6 Å². The van der Waals surface area contributed by atoms with Crippen molar-refractivity contribution < 1.29 is 32.7 Å². The third-order valence-corrected chi connectivity index (χ3v) is 8.99. The molecule has 0 bridgehead atoms. The summed E-state index contributed by atoms with van der Waals surface area (Å²) in [4.78, 5) is 50.6. The Morgan fingerprint density at radius 2 is 1.70 bits per heavy atom. The maximum Gasteiger partial charge on any atom is 0.326 e. The molecule has 0 spiro atoms. The molecular weight excluding hydrogens is 504 g/mol. The highest BCUT2D eigenvalue weighted by atomic mass is 32.2. The normalized spacial score (nSPS) is 22.0. The van der Waals surface area contributed by atoms with Gasteiger partial charge in [0.05, 0.1) is 6.54 Å². The van der Waals surface area contributed by atoms with Crippen molar-refractivity contribution in [2.24, 2.45) is 5.41 Å². The van der Waals surface area contributed by atoms with Crippen LogP contribution in [0.5, 0.6) is 0 Å². The Labute approximate surface area is 219 Å². The molecule has 13 nitrogen and oxygen atoms in total. The lowest BCUT2D eigenvalue weighted by Crippen LogP contribution is -2.56. The molecule has 0 aromatic rings. The van der Waals surface area contributed by atoms with Gasteiger partial charge in [0.25, 0.3) is 10.2 Å². The maximum atomic E-state index is 12.9. The molecule has 3 atom stereocenters. The number of urea groups is 1.